The van der Waals surface area contributed by atoms with E-state index in [1.165, 1.54) is 4.90 Å². The van der Waals surface area contributed by atoms with Crippen LogP contribution in [0.5, 0.6) is 0 Å². The van der Waals surface area contributed by atoms with Crippen molar-refractivity contribution in [2.24, 2.45) is 0 Å². The molecule has 0 spiro atoms. The van der Waals surface area contributed by atoms with Gasteiger partial charge in [-0.15, -0.1) is 0 Å². The lowest BCUT2D eigenvalue weighted by atomic mass is 10.2. The summed E-state index contributed by atoms with van der Waals surface area (Å²) in [7, 11) is 3.17. The highest BCUT2D eigenvalue weighted by Crippen LogP contribution is 2.31. The lowest BCUT2D eigenvalue weighted by molar-refractivity contribution is -0.141. The Kier molecular flexibility index (Phi) is 4.71. The van der Waals surface area contributed by atoms with Gasteiger partial charge in [-0.1, -0.05) is 18.2 Å². The van der Waals surface area contributed by atoms with Crippen molar-refractivity contribution >= 4 is 23.4 Å². The minimum absolute atomic E-state index is 0.111. The van der Waals surface area contributed by atoms with Crippen LogP contribution in [0.15, 0.2) is 36.4 Å². The van der Waals surface area contributed by atoms with E-state index in [0.717, 1.165) is 11.8 Å². The van der Waals surface area contributed by atoms with Crippen molar-refractivity contribution in [3.8, 4) is 0 Å². The van der Waals surface area contributed by atoms with Gasteiger partial charge in [0.25, 0.3) is 0 Å². The van der Waals surface area contributed by atoms with E-state index in [0.29, 0.717) is 13.0 Å². The molecule has 6 nitrogen and oxygen atoms in total. The average Bonchev–Trinajstić information content (AvgIpc) is 2.95. The summed E-state index contributed by atoms with van der Waals surface area (Å²) in [5, 5.41) is 2.76. The molecule has 0 aliphatic carbocycles. The lowest BCUT2D eigenvalue weighted by Crippen LogP contribution is -2.34. The molecule has 2 aromatic rings. The highest BCUT2D eigenvalue weighted by Gasteiger charge is 2.36. The topological polar surface area (TPSA) is 61.4 Å². The minimum atomic E-state index is -4.60. The van der Waals surface area contributed by atoms with Crippen LogP contribution >= 0.6 is 0 Å². The van der Waals surface area contributed by atoms with Crippen molar-refractivity contribution in [3.05, 3.63) is 42.1 Å². The second kappa shape index (κ2) is 6.81. The summed E-state index contributed by atoms with van der Waals surface area (Å²) in [4.78, 5) is 23.2. The third-order valence-corrected chi connectivity index (χ3v) is 4.04. The second-order valence-electron chi connectivity index (χ2n) is 6.14. The highest BCUT2D eigenvalue weighted by atomic mass is 19.4. The molecule has 138 valence electrons. The third kappa shape index (κ3) is 3.71. The number of carbonyl (C=O) groups is 1. The first-order chi connectivity index (χ1) is 12.3. The van der Waals surface area contributed by atoms with E-state index in [4.69, 9.17) is 0 Å². The van der Waals surface area contributed by atoms with Crippen LogP contribution in [0.25, 0.3) is 0 Å². The van der Waals surface area contributed by atoms with E-state index < -0.39 is 17.9 Å². The monoisotopic (exact) mass is 365 g/mol. The summed E-state index contributed by atoms with van der Waals surface area (Å²) < 4.78 is 39.2. The van der Waals surface area contributed by atoms with Crippen molar-refractivity contribution < 1.29 is 18.0 Å². The van der Waals surface area contributed by atoms with Crippen LogP contribution in [0.1, 0.15) is 12.1 Å². The van der Waals surface area contributed by atoms with Crippen molar-refractivity contribution in [1.82, 2.24) is 9.97 Å². The Morgan fingerprint density at radius 3 is 2.50 bits per heavy atom. The SMILES string of the molecule is CN(C)c1cc(C(F)(F)F)nc(NC2CCN(c3ccccc3)C2=O)n1. The summed E-state index contributed by atoms with van der Waals surface area (Å²) >= 11 is 0. The molecular formula is C17H18F3N5O. The van der Waals surface area contributed by atoms with E-state index in [9.17, 15) is 18.0 Å². The minimum Gasteiger partial charge on any atom is -0.363 e. The van der Waals surface area contributed by atoms with Crippen molar-refractivity contribution in [3.63, 3.8) is 0 Å². The Labute approximate surface area is 148 Å². The molecule has 3 rings (SSSR count). The molecule has 1 atom stereocenters. The number of nitrogens with one attached hydrogen (secondary N) is 1. The van der Waals surface area contributed by atoms with E-state index in [2.05, 4.69) is 15.3 Å². The predicted molar refractivity (Wildman–Crippen MR) is 92.2 cm³/mol. The maximum Gasteiger partial charge on any atom is 0.433 e. The predicted octanol–water partition coefficient (Wildman–Crippen LogP) is 2.78. The summed E-state index contributed by atoms with van der Waals surface area (Å²) in [5.74, 6) is -0.319. The molecule has 9 heteroatoms. The summed E-state index contributed by atoms with van der Waals surface area (Å²) in [5.41, 5.74) is -0.301. The average molecular weight is 365 g/mol. The van der Waals surface area contributed by atoms with Gasteiger partial charge in [0.05, 0.1) is 0 Å². The molecule has 1 aliphatic rings. The zero-order chi connectivity index (χ0) is 18.9. The number of halogens is 3. The maximum absolute atomic E-state index is 13.1. The van der Waals surface area contributed by atoms with Crippen LogP contribution in [0.2, 0.25) is 0 Å². The highest BCUT2D eigenvalue weighted by molar-refractivity contribution is 6.00. The zero-order valence-electron chi connectivity index (χ0n) is 14.3. The molecule has 1 saturated heterocycles. The number of hydrogen-bond donors (Lipinski definition) is 1. The third-order valence-electron chi connectivity index (χ3n) is 4.04. The molecule has 1 aromatic heterocycles. The van der Waals surface area contributed by atoms with Gasteiger partial charge in [0.1, 0.15) is 11.9 Å². The number of carbonyl (C=O) groups excluding carboxylic acids is 1. The molecule has 2 heterocycles. The van der Waals surface area contributed by atoms with E-state index in [-0.39, 0.29) is 17.7 Å². The molecule has 0 radical (unpaired) electrons. The van der Waals surface area contributed by atoms with Gasteiger partial charge in [0, 0.05) is 32.4 Å². The fourth-order valence-electron chi connectivity index (χ4n) is 2.71. The van der Waals surface area contributed by atoms with Crippen LogP contribution < -0.4 is 15.1 Å². The summed E-state index contributed by atoms with van der Waals surface area (Å²) in [6, 6.07) is 9.31. The van der Waals surface area contributed by atoms with Crippen LogP contribution in [0, 0.1) is 0 Å². The van der Waals surface area contributed by atoms with Gasteiger partial charge in [0.15, 0.2) is 5.69 Å². The first-order valence-electron chi connectivity index (χ1n) is 8.02. The van der Waals surface area contributed by atoms with Gasteiger partial charge in [-0.2, -0.15) is 18.2 Å². The van der Waals surface area contributed by atoms with Gasteiger partial charge >= 0.3 is 6.18 Å². The smallest absolute Gasteiger partial charge is 0.363 e. The maximum atomic E-state index is 13.1. The molecular weight excluding hydrogens is 347 g/mol. The molecule has 1 fully saturated rings. The molecule has 1 aromatic carbocycles. The number of aromatic nitrogens is 2. The lowest BCUT2D eigenvalue weighted by Gasteiger charge is -2.19. The van der Waals surface area contributed by atoms with Gasteiger partial charge in [-0.25, -0.2) is 4.98 Å². The number of amides is 1. The fraction of sp³-hybridized carbons (Fsp3) is 0.353. The Bertz CT molecular complexity index is 795. The van der Waals surface area contributed by atoms with E-state index in [1.807, 2.05) is 30.3 Å². The van der Waals surface area contributed by atoms with Gasteiger partial charge < -0.3 is 15.1 Å². The van der Waals surface area contributed by atoms with Crippen LogP contribution in [0.3, 0.4) is 0 Å². The second-order valence-corrected chi connectivity index (χ2v) is 6.14. The van der Waals surface area contributed by atoms with E-state index >= 15 is 0 Å². The zero-order valence-corrected chi connectivity index (χ0v) is 14.3. The van der Waals surface area contributed by atoms with Crippen LogP contribution in [-0.2, 0) is 11.0 Å². The molecule has 0 bridgehead atoms. The van der Waals surface area contributed by atoms with Crippen LogP contribution in [0.4, 0.5) is 30.6 Å². The molecule has 1 N–H and O–H groups in total. The Morgan fingerprint density at radius 1 is 1.19 bits per heavy atom. The van der Waals surface area contributed by atoms with Gasteiger partial charge in [0.2, 0.25) is 11.9 Å². The Balaban J connectivity index is 1.83. The molecule has 26 heavy (non-hydrogen) atoms. The molecule has 1 amide bonds. The fourth-order valence-corrected chi connectivity index (χ4v) is 2.71. The quantitative estimate of drug-likeness (QED) is 0.903. The normalized spacial score (nSPS) is 17.5. The number of para-hydroxylation sites is 1. The molecule has 1 aliphatic heterocycles. The van der Waals surface area contributed by atoms with Crippen molar-refractivity contribution in [1.29, 1.82) is 0 Å². The Hall–Kier alpha value is -2.84. The number of benzene rings is 1. The van der Waals surface area contributed by atoms with Gasteiger partial charge in [-0.3, -0.25) is 4.79 Å². The Morgan fingerprint density at radius 2 is 1.88 bits per heavy atom. The first-order valence-corrected chi connectivity index (χ1v) is 8.02. The summed E-state index contributed by atoms with van der Waals surface area (Å²) in [6.07, 6.45) is -4.15. The van der Waals surface area contributed by atoms with Crippen molar-refractivity contribution in [2.75, 3.05) is 35.8 Å². The number of rotatable bonds is 4. The molecule has 0 saturated carbocycles. The first kappa shape index (κ1) is 18.0. The largest absolute Gasteiger partial charge is 0.433 e. The standard InChI is InChI=1S/C17H18F3N5O/c1-24(2)14-10-13(17(18,19)20)22-16(23-14)21-12-8-9-25(15(12)26)11-6-4-3-5-7-11/h3-7,10,12H,8-9H2,1-2H3,(H,21,22,23). The number of nitrogens with zero attached hydrogens (tertiary/aromatic N) is 4. The van der Waals surface area contributed by atoms with E-state index in [1.54, 1.807) is 19.0 Å². The molecule has 1 unspecified atom stereocenters. The number of hydrogen-bond acceptors (Lipinski definition) is 5. The van der Waals surface area contributed by atoms with Crippen molar-refractivity contribution in [2.45, 2.75) is 18.6 Å². The van der Waals surface area contributed by atoms with Crippen LogP contribution in [-0.4, -0.2) is 42.6 Å². The number of alkyl halides is 3. The summed E-state index contributed by atoms with van der Waals surface area (Å²) in [6.45, 7) is 0.472. The van der Waals surface area contributed by atoms with Gasteiger partial charge in [-0.05, 0) is 18.6 Å². The number of anilines is 3.